The van der Waals surface area contributed by atoms with Crippen molar-refractivity contribution in [2.75, 3.05) is 0 Å². The summed E-state index contributed by atoms with van der Waals surface area (Å²) in [5.41, 5.74) is 2.10. The normalized spacial score (nSPS) is 11.6. The zero-order valence-electron chi connectivity index (χ0n) is 12.7. The Morgan fingerprint density at radius 2 is 2.04 bits per heavy atom. The van der Waals surface area contributed by atoms with Crippen LogP contribution in [0.1, 0.15) is 5.56 Å². The van der Waals surface area contributed by atoms with E-state index >= 15 is 0 Å². The highest BCUT2D eigenvalue weighted by Gasteiger charge is 2.15. The van der Waals surface area contributed by atoms with Gasteiger partial charge in [0.25, 0.3) is 0 Å². The molecular formula is C18H11I2N3O2. The van der Waals surface area contributed by atoms with Gasteiger partial charge in [0.15, 0.2) is 17.3 Å². The van der Waals surface area contributed by atoms with Gasteiger partial charge in [-0.3, -0.25) is 4.40 Å². The summed E-state index contributed by atoms with van der Waals surface area (Å²) in [6.07, 6.45) is 5.17. The van der Waals surface area contributed by atoms with Gasteiger partial charge in [-0.1, -0.05) is 6.07 Å². The topological polar surface area (TPSA) is 63.0 Å². The standard InChI is InChI=1S/C18H11I2N3O2/c19-12-8-11(17(24)13(20)9-12)10-21-18-16(14-4-3-7-25-14)22-15-5-1-2-6-23(15)18/h1-10,24H/b21-10+. The zero-order valence-corrected chi connectivity index (χ0v) is 17.0. The number of furan rings is 1. The Morgan fingerprint density at radius 3 is 2.84 bits per heavy atom. The highest BCUT2D eigenvalue weighted by Crippen LogP contribution is 2.32. The number of halogens is 2. The van der Waals surface area contributed by atoms with Crippen molar-refractivity contribution in [2.45, 2.75) is 0 Å². The van der Waals surface area contributed by atoms with Gasteiger partial charge in [0.1, 0.15) is 11.4 Å². The number of phenolic OH excluding ortho intramolecular Hbond substituents is 1. The van der Waals surface area contributed by atoms with Crippen LogP contribution < -0.4 is 0 Å². The van der Waals surface area contributed by atoms with Gasteiger partial charge in [-0.05, 0) is 81.6 Å². The molecule has 0 saturated carbocycles. The zero-order chi connectivity index (χ0) is 17.4. The summed E-state index contributed by atoms with van der Waals surface area (Å²) in [5, 5.41) is 10.3. The molecule has 4 rings (SSSR count). The van der Waals surface area contributed by atoms with Crippen molar-refractivity contribution in [2.24, 2.45) is 4.99 Å². The number of nitrogens with zero attached hydrogens (tertiary/aromatic N) is 3. The number of aromatic hydroxyl groups is 1. The van der Waals surface area contributed by atoms with Crippen LogP contribution in [0.5, 0.6) is 5.75 Å². The lowest BCUT2D eigenvalue weighted by Gasteiger charge is -2.03. The second-order valence-electron chi connectivity index (χ2n) is 5.27. The van der Waals surface area contributed by atoms with E-state index in [0.29, 0.717) is 22.8 Å². The fourth-order valence-electron chi connectivity index (χ4n) is 2.50. The molecule has 0 saturated heterocycles. The summed E-state index contributed by atoms with van der Waals surface area (Å²) >= 11 is 4.33. The van der Waals surface area contributed by atoms with Gasteiger partial charge in [-0.25, -0.2) is 9.98 Å². The van der Waals surface area contributed by atoms with Gasteiger partial charge in [0.2, 0.25) is 0 Å². The number of aliphatic imine (C=N–C) groups is 1. The molecule has 4 aromatic rings. The number of pyridine rings is 1. The number of imidazole rings is 1. The van der Waals surface area contributed by atoms with Crippen LogP contribution in [-0.2, 0) is 0 Å². The lowest BCUT2D eigenvalue weighted by atomic mass is 10.2. The number of fused-ring (bicyclic) bond motifs is 1. The summed E-state index contributed by atoms with van der Waals surface area (Å²) in [7, 11) is 0. The lowest BCUT2D eigenvalue weighted by molar-refractivity contribution is 0.470. The molecule has 0 radical (unpaired) electrons. The van der Waals surface area contributed by atoms with Gasteiger partial charge < -0.3 is 9.52 Å². The minimum Gasteiger partial charge on any atom is -0.506 e. The second kappa shape index (κ2) is 6.79. The Labute approximate surface area is 170 Å². The van der Waals surface area contributed by atoms with E-state index in [0.717, 1.165) is 12.8 Å². The van der Waals surface area contributed by atoms with Crippen LogP contribution in [0.3, 0.4) is 0 Å². The summed E-state index contributed by atoms with van der Waals surface area (Å²) < 4.78 is 9.22. The van der Waals surface area contributed by atoms with Gasteiger partial charge in [0, 0.05) is 21.5 Å². The minimum atomic E-state index is 0.220. The molecule has 124 valence electrons. The Morgan fingerprint density at radius 1 is 1.16 bits per heavy atom. The number of benzene rings is 1. The first-order chi connectivity index (χ1) is 12.1. The third-order valence-corrected chi connectivity index (χ3v) is 5.09. The first-order valence-corrected chi connectivity index (χ1v) is 9.52. The van der Waals surface area contributed by atoms with Crippen molar-refractivity contribution < 1.29 is 9.52 Å². The van der Waals surface area contributed by atoms with E-state index in [1.54, 1.807) is 12.5 Å². The molecule has 0 aliphatic heterocycles. The van der Waals surface area contributed by atoms with Crippen molar-refractivity contribution in [3.05, 3.63) is 67.6 Å². The molecule has 3 aromatic heterocycles. The highest BCUT2D eigenvalue weighted by molar-refractivity contribution is 14.1. The van der Waals surface area contributed by atoms with Crippen molar-refractivity contribution in [3.8, 4) is 17.2 Å². The van der Waals surface area contributed by atoms with E-state index in [9.17, 15) is 5.11 Å². The number of rotatable bonds is 3. The third kappa shape index (κ3) is 3.17. The van der Waals surface area contributed by atoms with Crippen molar-refractivity contribution in [1.82, 2.24) is 9.38 Å². The number of hydrogen-bond acceptors (Lipinski definition) is 4. The quantitative estimate of drug-likeness (QED) is 0.277. The summed E-state index contributed by atoms with van der Waals surface area (Å²) in [6, 6.07) is 13.2. The molecule has 0 bridgehead atoms. The maximum absolute atomic E-state index is 10.3. The van der Waals surface area contributed by atoms with Crippen LogP contribution in [0.4, 0.5) is 5.82 Å². The minimum absolute atomic E-state index is 0.220. The van der Waals surface area contributed by atoms with Gasteiger partial charge >= 0.3 is 0 Å². The Bertz CT molecular complexity index is 1090. The Hall–Kier alpha value is -1.88. The lowest BCUT2D eigenvalue weighted by Crippen LogP contribution is -1.89. The average Bonchev–Trinajstić information content (AvgIpc) is 3.24. The van der Waals surface area contributed by atoms with Gasteiger partial charge in [-0.2, -0.15) is 0 Å². The molecular weight excluding hydrogens is 544 g/mol. The molecule has 0 spiro atoms. The third-order valence-electron chi connectivity index (χ3n) is 3.64. The number of hydrogen-bond donors (Lipinski definition) is 1. The largest absolute Gasteiger partial charge is 0.506 e. The fourth-order valence-corrected chi connectivity index (χ4v) is 4.39. The second-order valence-corrected chi connectivity index (χ2v) is 7.68. The van der Waals surface area contributed by atoms with E-state index in [1.165, 1.54) is 0 Å². The molecule has 0 unspecified atom stereocenters. The highest BCUT2D eigenvalue weighted by atomic mass is 127. The van der Waals surface area contributed by atoms with Crippen LogP contribution in [0.15, 0.2) is 64.3 Å². The van der Waals surface area contributed by atoms with Crippen LogP contribution in [0.2, 0.25) is 0 Å². The van der Waals surface area contributed by atoms with E-state index in [-0.39, 0.29) is 5.75 Å². The maximum Gasteiger partial charge on any atom is 0.168 e. The van der Waals surface area contributed by atoms with Gasteiger partial charge in [-0.15, -0.1) is 0 Å². The molecule has 1 N–H and O–H groups in total. The Kier molecular flexibility index (Phi) is 4.50. The molecule has 3 heterocycles. The van der Waals surface area contributed by atoms with Gasteiger partial charge in [0.05, 0.1) is 9.83 Å². The van der Waals surface area contributed by atoms with E-state index in [4.69, 9.17) is 4.42 Å². The number of phenols is 1. The fraction of sp³-hybridized carbons (Fsp3) is 0. The van der Waals surface area contributed by atoms with Crippen molar-refractivity contribution >= 4 is 62.9 Å². The molecule has 0 fully saturated rings. The van der Waals surface area contributed by atoms with E-state index < -0.39 is 0 Å². The summed E-state index contributed by atoms with van der Waals surface area (Å²) in [5.74, 6) is 1.52. The van der Waals surface area contributed by atoms with E-state index in [1.807, 2.05) is 53.1 Å². The smallest absolute Gasteiger partial charge is 0.168 e. The van der Waals surface area contributed by atoms with E-state index in [2.05, 4.69) is 55.2 Å². The first-order valence-electron chi connectivity index (χ1n) is 7.36. The molecule has 7 heteroatoms. The molecule has 1 aromatic carbocycles. The predicted molar refractivity (Wildman–Crippen MR) is 114 cm³/mol. The Balaban J connectivity index is 1.88. The summed E-state index contributed by atoms with van der Waals surface area (Å²) in [4.78, 5) is 9.23. The predicted octanol–water partition coefficient (Wildman–Crippen LogP) is 5.26. The molecule has 0 atom stereocenters. The molecule has 0 aliphatic carbocycles. The monoisotopic (exact) mass is 555 g/mol. The van der Waals surface area contributed by atoms with Crippen molar-refractivity contribution in [1.29, 1.82) is 0 Å². The molecule has 0 aliphatic rings. The van der Waals surface area contributed by atoms with Crippen LogP contribution in [-0.4, -0.2) is 20.7 Å². The number of aromatic nitrogens is 2. The SMILES string of the molecule is Oc1c(I)cc(I)cc1/C=N/c1c(-c2ccco2)nc2ccccn12. The molecule has 0 amide bonds. The van der Waals surface area contributed by atoms with Crippen LogP contribution in [0.25, 0.3) is 17.1 Å². The molecule has 25 heavy (non-hydrogen) atoms. The maximum atomic E-state index is 10.3. The molecule has 5 nitrogen and oxygen atoms in total. The van der Waals surface area contributed by atoms with Crippen molar-refractivity contribution in [3.63, 3.8) is 0 Å². The average molecular weight is 555 g/mol. The summed E-state index contributed by atoms with van der Waals surface area (Å²) in [6.45, 7) is 0. The van der Waals surface area contributed by atoms with Crippen LogP contribution in [0, 0.1) is 7.14 Å². The first kappa shape index (κ1) is 16.6. The van der Waals surface area contributed by atoms with Crippen LogP contribution >= 0.6 is 45.2 Å².